The Kier molecular flexibility index (Phi) is 14.3. The Balaban J connectivity index is 3.09. The van der Waals surface area contributed by atoms with E-state index in [9.17, 15) is 5.11 Å². The molecular weight excluding hydrogens is 232 g/mol. The molecule has 0 aromatic rings. The van der Waals surface area contributed by atoms with Crippen molar-refractivity contribution in [2.45, 2.75) is 110 Å². The lowest BCUT2D eigenvalue weighted by molar-refractivity contribution is 0.143. The molecule has 0 aliphatic heterocycles. The first-order chi connectivity index (χ1) is 9.16. The molecule has 116 valence electrons. The minimum Gasteiger partial charge on any atom is -0.393 e. The van der Waals surface area contributed by atoms with E-state index in [0.717, 1.165) is 18.8 Å². The second-order valence-electron chi connectivity index (χ2n) is 6.60. The van der Waals surface area contributed by atoms with Crippen molar-refractivity contribution in [3.8, 4) is 0 Å². The average molecular weight is 271 g/mol. The van der Waals surface area contributed by atoms with E-state index in [1.54, 1.807) is 0 Å². The van der Waals surface area contributed by atoms with Gasteiger partial charge in [-0.2, -0.15) is 0 Å². The summed E-state index contributed by atoms with van der Waals surface area (Å²) in [5.41, 5.74) is 0. The summed E-state index contributed by atoms with van der Waals surface area (Å²) in [5, 5.41) is 9.82. The lowest BCUT2D eigenvalue weighted by atomic mass is 10.0. The van der Waals surface area contributed by atoms with Gasteiger partial charge in [0.2, 0.25) is 0 Å². The minimum absolute atomic E-state index is 0.0450. The van der Waals surface area contributed by atoms with Crippen molar-refractivity contribution in [1.82, 2.24) is 0 Å². The standard InChI is InChI=1S/C18H38O/c1-4-5-6-7-8-9-10-11-12-13-14-18(19)16-15-17(2)3/h17-19H,4-16H2,1-3H3. The summed E-state index contributed by atoms with van der Waals surface area (Å²) in [5.74, 6) is 0.724. The first-order valence-electron chi connectivity index (χ1n) is 8.84. The van der Waals surface area contributed by atoms with Crippen LogP contribution in [0.25, 0.3) is 0 Å². The van der Waals surface area contributed by atoms with Crippen molar-refractivity contribution in [3.63, 3.8) is 0 Å². The summed E-state index contributed by atoms with van der Waals surface area (Å²) in [6.07, 6.45) is 16.9. The average Bonchev–Trinajstić information content (AvgIpc) is 2.38. The summed E-state index contributed by atoms with van der Waals surface area (Å²) in [7, 11) is 0. The fraction of sp³-hybridized carbons (Fsp3) is 1.00. The first kappa shape index (κ1) is 19.0. The highest BCUT2D eigenvalue weighted by Gasteiger charge is 2.05. The summed E-state index contributed by atoms with van der Waals surface area (Å²) in [4.78, 5) is 0. The number of aliphatic hydroxyl groups is 1. The molecule has 19 heavy (non-hydrogen) atoms. The molecular formula is C18H38O. The second-order valence-corrected chi connectivity index (χ2v) is 6.60. The van der Waals surface area contributed by atoms with Crippen LogP contribution in [-0.4, -0.2) is 11.2 Å². The van der Waals surface area contributed by atoms with Crippen molar-refractivity contribution >= 4 is 0 Å². The third-order valence-corrected chi connectivity index (χ3v) is 3.97. The van der Waals surface area contributed by atoms with Crippen molar-refractivity contribution in [1.29, 1.82) is 0 Å². The van der Waals surface area contributed by atoms with Crippen LogP contribution in [0.2, 0.25) is 0 Å². The number of hydrogen-bond acceptors (Lipinski definition) is 1. The molecule has 1 unspecified atom stereocenters. The molecule has 0 radical (unpaired) electrons. The maximum Gasteiger partial charge on any atom is 0.0540 e. The lowest BCUT2D eigenvalue weighted by Crippen LogP contribution is -2.07. The van der Waals surface area contributed by atoms with Gasteiger partial charge in [0.25, 0.3) is 0 Å². The number of hydrogen-bond donors (Lipinski definition) is 1. The van der Waals surface area contributed by atoms with E-state index in [-0.39, 0.29) is 6.10 Å². The Labute approximate surface area is 122 Å². The molecule has 0 aliphatic carbocycles. The Hall–Kier alpha value is -0.0400. The van der Waals surface area contributed by atoms with Crippen LogP contribution in [0.1, 0.15) is 104 Å². The van der Waals surface area contributed by atoms with Gasteiger partial charge >= 0.3 is 0 Å². The summed E-state index contributed by atoms with van der Waals surface area (Å²) >= 11 is 0. The van der Waals surface area contributed by atoms with Gasteiger partial charge in [-0.3, -0.25) is 0 Å². The number of aliphatic hydroxyl groups excluding tert-OH is 1. The fourth-order valence-electron chi connectivity index (χ4n) is 2.54. The predicted molar refractivity (Wildman–Crippen MR) is 86.5 cm³/mol. The van der Waals surface area contributed by atoms with E-state index in [4.69, 9.17) is 0 Å². The van der Waals surface area contributed by atoms with E-state index in [2.05, 4.69) is 20.8 Å². The molecule has 0 spiro atoms. The van der Waals surface area contributed by atoms with Crippen molar-refractivity contribution in [2.24, 2.45) is 5.92 Å². The normalized spacial score (nSPS) is 13.1. The summed E-state index contributed by atoms with van der Waals surface area (Å²) < 4.78 is 0. The molecule has 0 saturated heterocycles. The van der Waals surface area contributed by atoms with Gasteiger partial charge in [-0.25, -0.2) is 0 Å². The molecule has 0 aliphatic rings. The van der Waals surface area contributed by atoms with Gasteiger partial charge in [0.15, 0.2) is 0 Å². The summed E-state index contributed by atoms with van der Waals surface area (Å²) in [6.45, 7) is 6.73. The maximum absolute atomic E-state index is 9.82. The molecule has 1 N–H and O–H groups in total. The Morgan fingerprint density at radius 1 is 0.632 bits per heavy atom. The molecule has 1 nitrogen and oxygen atoms in total. The van der Waals surface area contributed by atoms with Crippen LogP contribution in [-0.2, 0) is 0 Å². The molecule has 1 atom stereocenters. The third-order valence-electron chi connectivity index (χ3n) is 3.97. The van der Waals surface area contributed by atoms with Crippen molar-refractivity contribution < 1.29 is 5.11 Å². The molecule has 1 heteroatoms. The van der Waals surface area contributed by atoms with E-state index in [1.807, 2.05) is 0 Å². The first-order valence-corrected chi connectivity index (χ1v) is 8.84. The second kappa shape index (κ2) is 14.4. The predicted octanol–water partition coefficient (Wildman–Crippen LogP) is 6.09. The topological polar surface area (TPSA) is 20.2 Å². The van der Waals surface area contributed by atoms with Gasteiger partial charge in [-0.05, 0) is 25.2 Å². The number of rotatable bonds is 14. The highest BCUT2D eigenvalue weighted by atomic mass is 16.3. The molecule has 0 rings (SSSR count). The zero-order valence-electron chi connectivity index (χ0n) is 13.8. The van der Waals surface area contributed by atoms with Gasteiger partial charge in [0.05, 0.1) is 6.10 Å². The van der Waals surface area contributed by atoms with Crippen LogP contribution < -0.4 is 0 Å². The van der Waals surface area contributed by atoms with Crippen molar-refractivity contribution in [3.05, 3.63) is 0 Å². The lowest BCUT2D eigenvalue weighted by Gasteiger charge is -2.11. The largest absolute Gasteiger partial charge is 0.393 e. The highest BCUT2D eigenvalue weighted by Crippen LogP contribution is 2.14. The van der Waals surface area contributed by atoms with Gasteiger partial charge < -0.3 is 5.11 Å². The van der Waals surface area contributed by atoms with Gasteiger partial charge in [0, 0.05) is 0 Å². The molecule has 0 amide bonds. The highest BCUT2D eigenvalue weighted by molar-refractivity contribution is 4.58. The quantitative estimate of drug-likeness (QED) is 0.378. The Bertz CT molecular complexity index is 165. The number of unbranched alkanes of at least 4 members (excludes halogenated alkanes) is 9. The monoisotopic (exact) mass is 270 g/mol. The van der Waals surface area contributed by atoms with E-state index in [1.165, 1.54) is 70.6 Å². The smallest absolute Gasteiger partial charge is 0.0540 e. The third kappa shape index (κ3) is 15.9. The molecule has 0 fully saturated rings. The SMILES string of the molecule is CCCCCCCCCCCCC(O)CCC(C)C. The van der Waals surface area contributed by atoms with Crippen LogP contribution in [0.15, 0.2) is 0 Å². The van der Waals surface area contributed by atoms with E-state index in [0.29, 0.717) is 0 Å². The van der Waals surface area contributed by atoms with Crippen LogP contribution in [0.5, 0.6) is 0 Å². The van der Waals surface area contributed by atoms with Gasteiger partial charge in [0.1, 0.15) is 0 Å². The minimum atomic E-state index is -0.0450. The molecule has 0 saturated carbocycles. The van der Waals surface area contributed by atoms with E-state index >= 15 is 0 Å². The van der Waals surface area contributed by atoms with Gasteiger partial charge in [-0.15, -0.1) is 0 Å². The zero-order chi connectivity index (χ0) is 14.3. The summed E-state index contributed by atoms with van der Waals surface area (Å²) in [6, 6.07) is 0. The van der Waals surface area contributed by atoms with Gasteiger partial charge in [-0.1, -0.05) is 85.0 Å². The van der Waals surface area contributed by atoms with Crippen LogP contribution >= 0.6 is 0 Å². The van der Waals surface area contributed by atoms with Crippen LogP contribution in [0, 0.1) is 5.92 Å². The fourth-order valence-corrected chi connectivity index (χ4v) is 2.54. The molecule has 0 heterocycles. The Morgan fingerprint density at radius 3 is 1.58 bits per heavy atom. The van der Waals surface area contributed by atoms with E-state index < -0.39 is 0 Å². The molecule has 0 bridgehead atoms. The van der Waals surface area contributed by atoms with Crippen molar-refractivity contribution in [2.75, 3.05) is 0 Å². The van der Waals surface area contributed by atoms with Crippen LogP contribution in [0.4, 0.5) is 0 Å². The van der Waals surface area contributed by atoms with Crippen LogP contribution in [0.3, 0.4) is 0 Å². The Morgan fingerprint density at radius 2 is 1.11 bits per heavy atom. The maximum atomic E-state index is 9.82. The zero-order valence-corrected chi connectivity index (χ0v) is 13.8. The molecule has 0 aromatic heterocycles. The molecule has 0 aromatic carbocycles.